The number of nitrogens with zero attached hydrogens (tertiary/aromatic N) is 2. The van der Waals surface area contributed by atoms with Crippen molar-refractivity contribution in [2.45, 2.75) is 52.0 Å². The Morgan fingerprint density at radius 2 is 2.00 bits per heavy atom. The van der Waals surface area contributed by atoms with Gasteiger partial charge in [-0.25, -0.2) is 0 Å². The predicted octanol–water partition coefficient (Wildman–Crippen LogP) is 1.61. The van der Waals surface area contributed by atoms with Gasteiger partial charge in [0.1, 0.15) is 6.04 Å². The maximum absolute atomic E-state index is 13.1. The van der Waals surface area contributed by atoms with Crippen molar-refractivity contribution in [3.05, 3.63) is 29.3 Å². The minimum Gasteiger partial charge on any atom is -0.371 e. The lowest BCUT2D eigenvalue weighted by Crippen LogP contribution is -2.48. The SMILES string of the molecule is CCCC(C(=O)NC=O)N(C=O)C(=O)c1ccc(N2CCC3(CCNCC3)C2)cc1C. The van der Waals surface area contributed by atoms with Gasteiger partial charge in [0, 0.05) is 24.3 Å². The molecule has 31 heavy (non-hydrogen) atoms. The Morgan fingerprint density at radius 3 is 2.61 bits per heavy atom. The van der Waals surface area contributed by atoms with Crippen LogP contribution in [-0.4, -0.2) is 61.8 Å². The molecule has 2 saturated heterocycles. The second-order valence-electron chi connectivity index (χ2n) is 8.67. The molecule has 1 aromatic carbocycles. The van der Waals surface area contributed by atoms with Crippen LogP contribution >= 0.6 is 0 Å². The molecule has 1 spiro atoms. The molecule has 8 heteroatoms. The van der Waals surface area contributed by atoms with E-state index in [-0.39, 0.29) is 12.8 Å². The van der Waals surface area contributed by atoms with Crippen LogP contribution in [0.5, 0.6) is 0 Å². The molecule has 2 N–H and O–H groups in total. The molecule has 1 atom stereocenters. The summed E-state index contributed by atoms with van der Waals surface area (Å²) in [6, 6.07) is 4.62. The zero-order chi connectivity index (χ0) is 22.4. The Balaban J connectivity index is 1.78. The van der Waals surface area contributed by atoms with E-state index < -0.39 is 17.9 Å². The highest BCUT2D eigenvalue weighted by molar-refractivity contribution is 6.05. The lowest BCUT2D eigenvalue weighted by molar-refractivity contribution is -0.133. The number of rotatable bonds is 8. The van der Waals surface area contributed by atoms with Crippen LogP contribution in [0.4, 0.5) is 5.69 Å². The number of anilines is 1. The highest BCUT2D eigenvalue weighted by atomic mass is 16.2. The number of nitrogens with one attached hydrogen (secondary N) is 2. The number of hydrogen-bond donors (Lipinski definition) is 2. The van der Waals surface area contributed by atoms with Crippen LogP contribution in [0.3, 0.4) is 0 Å². The van der Waals surface area contributed by atoms with E-state index in [1.54, 1.807) is 6.07 Å². The van der Waals surface area contributed by atoms with Gasteiger partial charge < -0.3 is 10.2 Å². The molecule has 0 saturated carbocycles. The van der Waals surface area contributed by atoms with Crippen molar-refractivity contribution in [1.29, 1.82) is 0 Å². The third-order valence-corrected chi connectivity index (χ3v) is 6.66. The molecule has 0 radical (unpaired) electrons. The molecule has 2 aliphatic heterocycles. The van der Waals surface area contributed by atoms with Crippen LogP contribution in [0.1, 0.15) is 54.9 Å². The van der Waals surface area contributed by atoms with Gasteiger partial charge >= 0.3 is 0 Å². The first-order valence-corrected chi connectivity index (χ1v) is 11.0. The summed E-state index contributed by atoms with van der Waals surface area (Å²) in [6.07, 6.45) is 5.07. The van der Waals surface area contributed by atoms with Gasteiger partial charge in [-0.2, -0.15) is 0 Å². The van der Waals surface area contributed by atoms with E-state index in [4.69, 9.17) is 0 Å². The fourth-order valence-corrected chi connectivity index (χ4v) is 4.83. The Kier molecular flexibility index (Phi) is 7.43. The summed E-state index contributed by atoms with van der Waals surface area (Å²) >= 11 is 0. The monoisotopic (exact) mass is 428 g/mol. The van der Waals surface area contributed by atoms with Crippen molar-refractivity contribution in [1.82, 2.24) is 15.5 Å². The summed E-state index contributed by atoms with van der Waals surface area (Å²) in [5.74, 6) is -1.19. The van der Waals surface area contributed by atoms with Gasteiger partial charge in [-0.3, -0.25) is 29.4 Å². The largest absolute Gasteiger partial charge is 0.371 e. The van der Waals surface area contributed by atoms with Crippen molar-refractivity contribution in [3.8, 4) is 0 Å². The number of piperidine rings is 1. The topological polar surface area (TPSA) is 98.8 Å². The summed E-state index contributed by atoms with van der Waals surface area (Å²) in [4.78, 5) is 51.0. The number of carbonyl (C=O) groups is 4. The van der Waals surface area contributed by atoms with Crippen molar-refractivity contribution < 1.29 is 19.2 Å². The molecule has 0 aliphatic carbocycles. The van der Waals surface area contributed by atoms with Gasteiger partial charge in [-0.15, -0.1) is 0 Å². The maximum atomic E-state index is 13.1. The van der Waals surface area contributed by atoms with Crippen LogP contribution in [-0.2, 0) is 14.4 Å². The lowest BCUT2D eigenvalue weighted by Gasteiger charge is -2.34. The molecule has 8 nitrogen and oxygen atoms in total. The van der Waals surface area contributed by atoms with Gasteiger partial charge in [0.2, 0.25) is 18.7 Å². The van der Waals surface area contributed by atoms with Crippen LogP contribution in [0, 0.1) is 12.3 Å². The summed E-state index contributed by atoms with van der Waals surface area (Å²) in [6.45, 7) is 7.84. The summed E-state index contributed by atoms with van der Waals surface area (Å²) in [7, 11) is 0. The average Bonchev–Trinajstić information content (AvgIpc) is 3.17. The number of amides is 4. The van der Waals surface area contributed by atoms with E-state index in [1.165, 1.54) is 19.3 Å². The second kappa shape index (κ2) is 10.0. The summed E-state index contributed by atoms with van der Waals surface area (Å²) in [5, 5.41) is 5.49. The van der Waals surface area contributed by atoms with Gasteiger partial charge in [0.25, 0.3) is 5.91 Å². The maximum Gasteiger partial charge on any atom is 0.261 e. The van der Waals surface area contributed by atoms with E-state index in [1.807, 2.05) is 26.0 Å². The van der Waals surface area contributed by atoms with Crippen LogP contribution in [0.25, 0.3) is 0 Å². The molecule has 1 unspecified atom stereocenters. The number of imide groups is 2. The van der Waals surface area contributed by atoms with Crippen molar-refractivity contribution in [2.24, 2.45) is 5.41 Å². The minimum absolute atomic E-state index is 0.268. The Labute approximate surface area is 183 Å². The molecule has 4 amide bonds. The first kappa shape index (κ1) is 22.9. The molecule has 2 heterocycles. The predicted molar refractivity (Wildman–Crippen MR) is 118 cm³/mol. The smallest absolute Gasteiger partial charge is 0.261 e. The van der Waals surface area contributed by atoms with Gasteiger partial charge in [-0.05, 0) is 74.9 Å². The number of hydrogen-bond acceptors (Lipinski definition) is 6. The molecule has 0 aromatic heterocycles. The van der Waals surface area contributed by atoms with E-state index in [2.05, 4.69) is 15.5 Å². The third-order valence-electron chi connectivity index (χ3n) is 6.66. The van der Waals surface area contributed by atoms with Crippen LogP contribution in [0.2, 0.25) is 0 Å². The standard InChI is InChI=1S/C23H32N4O4/c1-3-4-20(21(30)25-15-28)27(16-29)22(31)19-6-5-18(13-17(19)2)26-12-9-23(14-26)7-10-24-11-8-23/h5-6,13,15-16,20,24H,3-4,7-12,14H2,1-2H3,(H,25,28,30). The van der Waals surface area contributed by atoms with E-state index in [9.17, 15) is 19.2 Å². The van der Waals surface area contributed by atoms with Crippen molar-refractivity contribution in [3.63, 3.8) is 0 Å². The molecule has 3 rings (SSSR count). The van der Waals surface area contributed by atoms with E-state index >= 15 is 0 Å². The van der Waals surface area contributed by atoms with Gasteiger partial charge in [0.05, 0.1) is 0 Å². The Hall–Kier alpha value is -2.74. The zero-order valence-corrected chi connectivity index (χ0v) is 18.4. The summed E-state index contributed by atoms with van der Waals surface area (Å²) in [5.41, 5.74) is 2.59. The molecule has 1 aromatic rings. The third kappa shape index (κ3) is 4.95. The van der Waals surface area contributed by atoms with E-state index in [0.29, 0.717) is 23.8 Å². The lowest BCUT2D eigenvalue weighted by atomic mass is 9.78. The Bertz CT molecular complexity index is 835. The first-order valence-electron chi connectivity index (χ1n) is 11.0. The molecule has 2 aliphatic rings. The zero-order valence-electron chi connectivity index (χ0n) is 18.4. The van der Waals surface area contributed by atoms with Gasteiger partial charge in [0.15, 0.2) is 0 Å². The quantitative estimate of drug-likeness (QED) is 0.611. The van der Waals surface area contributed by atoms with Gasteiger partial charge in [-0.1, -0.05) is 13.3 Å². The fraction of sp³-hybridized carbons (Fsp3) is 0.565. The highest BCUT2D eigenvalue weighted by Crippen LogP contribution is 2.40. The average molecular weight is 429 g/mol. The van der Waals surface area contributed by atoms with Crippen molar-refractivity contribution >= 4 is 30.3 Å². The van der Waals surface area contributed by atoms with Crippen LogP contribution in [0.15, 0.2) is 18.2 Å². The number of carbonyl (C=O) groups excluding carboxylic acids is 4. The van der Waals surface area contributed by atoms with E-state index in [0.717, 1.165) is 42.3 Å². The molecule has 2 fully saturated rings. The van der Waals surface area contributed by atoms with Crippen LogP contribution < -0.4 is 15.5 Å². The molecule has 0 bridgehead atoms. The fourth-order valence-electron chi connectivity index (χ4n) is 4.83. The number of benzene rings is 1. The second-order valence-corrected chi connectivity index (χ2v) is 8.67. The van der Waals surface area contributed by atoms with Crippen molar-refractivity contribution in [2.75, 3.05) is 31.1 Å². The molecule has 168 valence electrons. The number of aryl methyl sites for hydroxylation is 1. The first-order chi connectivity index (χ1) is 14.9. The highest BCUT2D eigenvalue weighted by Gasteiger charge is 2.39. The Morgan fingerprint density at radius 1 is 1.26 bits per heavy atom. The molecular formula is C23H32N4O4. The normalized spacial score (nSPS) is 18.5. The molecular weight excluding hydrogens is 396 g/mol. The minimum atomic E-state index is -1.02. The summed E-state index contributed by atoms with van der Waals surface area (Å²) < 4.78 is 0.